The van der Waals surface area contributed by atoms with Crippen molar-refractivity contribution in [2.45, 2.75) is 25.7 Å². The summed E-state index contributed by atoms with van der Waals surface area (Å²) in [7, 11) is 0. The van der Waals surface area contributed by atoms with Crippen LogP contribution in [-0.2, 0) is 4.79 Å². The minimum Gasteiger partial charge on any atom is -0.372 e. The second kappa shape index (κ2) is 8.70. The number of nitrogens with one attached hydrogen (secondary N) is 1. The molecule has 3 aromatic rings. The van der Waals surface area contributed by atoms with Crippen LogP contribution in [0.5, 0.6) is 0 Å². The third kappa shape index (κ3) is 4.39. The van der Waals surface area contributed by atoms with Gasteiger partial charge in [-0.3, -0.25) is 9.78 Å². The van der Waals surface area contributed by atoms with E-state index in [9.17, 15) is 4.79 Å². The van der Waals surface area contributed by atoms with Gasteiger partial charge in [0, 0.05) is 54.1 Å². The van der Waals surface area contributed by atoms with Crippen molar-refractivity contribution in [1.29, 1.82) is 0 Å². The van der Waals surface area contributed by atoms with E-state index in [1.165, 1.54) is 24.9 Å². The van der Waals surface area contributed by atoms with Crippen molar-refractivity contribution in [3.63, 3.8) is 0 Å². The lowest BCUT2D eigenvalue weighted by Crippen LogP contribution is -2.29. The monoisotopic (exact) mass is 371 g/mol. The highest BCUT2D eigenvalue weighted by Gasteiger charge is 2.10. The van der Waals surface area contributed by atoms with Crippen LogP contribution in [0.25, 0.3) is 16.8 Å². The molecule has 1 aliphatic heterocycles. The maximum absolute atomic E-state index is 12.3. The molecule has 0 spiro atoms. The number of rotatable bonds is 5. The predicted octanol–water partition coefficient (Wildman–Crippen LogP) is 5.27. The summed E-state index contributed by atoms with van der Waals surface area (Å²) in [6.45, 7) is 2.30. The Bertz CT molecular complexity index is 967. The van der Waals surface area contributed by atoms with Crippen LogP contribution in [0.1, 0.15) is 31.2 Å². The Balaban J connectivity index is 1.34. The molecular formula is C24H25N3O. The van der Waals surface area contributed by atoms with Crippen LogP contribution in [0, 0.1) is 0 Å². The first kappa shape index (κ1) is 18.2. The molecule has 4 heteroatoms. The van der Waals surface area contributed by atoms with E-state index >= 15 is 0 Å². The van der Waals surface area contributed by atoms with Gasteiger partial charge in [-0.25, -0.2) is 0 Å². The van der Waals surface area contributed by atoms with Crippen molar-refractivity contribution in [3.8, 4) is 0 Å². The summed E-state index contributed by atoms with van der Waals surface area (Å²) in [5, 5.41) is 5.02. The number of nitrogens with zero attached hydrogens (tertiary/aromatic N) is 2. The third-order valence-corrected chi connectivity index (χ3v) is 5.18. The van der Waals surface area contributed by atoms with Gasteiger partial charge in [0.05, 0.1) is 0 Å². The number of aromatic nitrogens is 1. The van der Waals surface area contributed by atoms with Crippen molar-refractivity contribution in [3.05, 3.63) is 72.6 Å². The molecule has 28 heavy (non-hydrogen) atoms. The van der Waals surface area contributed by atoms with Gasteiger partial charge in [-0.2, -0.15) is 0 Å². The molecule has 1 saturated heterocycles. The molecule has 1 fully saturated rings. The Morgan fingerprint density at radius 2 is 1.86 bits per heavy atom. The predicted molar refractivity (Wildman–Crippen MR) is 117 cm³/mol. The van der Waals surface area contributed by atoms with E-state index in [4.69, 9.17) is 0 Å². The van der Waals surface area contributed by atoms with Gasteiger partial charge >= 0.3 is 0 Å². The quantitative estimate of drug-likeness (QED) is 0.665. The molecular weight excluding hydrogens is 346 g/mol. The summed E-state index contributed by atoms with van der Waals surface area (Å²) in [5.74, 6) is -0.0227. The standard InChI is InChI=1S/C24H25N3O/c28-24(26-23-8-5-7-20-18-25-15-14-22(20)23)9-4-6-19-10-12-21(13-11-19)27-16-2-1-3-17-27/h4-8,10-15,18H,1-3,9,16-17H2,(H,26,28). The lowest BCUT2D eigenvalue weighted by atomic mass is 10.1. The fourth-order valence-corrected chi connectivity index (χ4v) is 3.68. The second-order valence-corrected chi connectivity index (χ2v) is 7.20. The Kier molecular flexibility index (Phi) is 5.66. The summed E-state index contributed by atoms with van der Waals surface area (Å²) < 4.78 is 0. The molecule has 2 heterocycles. The molecule has 0 bridgehead atoms. The van der Waals surface area contributed by atoms with E-state index in [0.717, 1.165) is 35.1 Å². The van der Waals surface area contributed by atoms with Gasteiger partial charge in [0.15, 0.2) is 0 Å². The van der Waals surface area contributed by atoms with Crippen LogP contribution < -0.4 is 10.2 Å². The molecule has 1 aromatic heterocycles. The second-order valence-electron chi connectivity index (χ2n) is 7.20. The number of anilines is 2. The highest BCUT2D eigenvalue weighted by molar-refractivity contribution is 6.02. The summed E-state index contributed by atoms with van der Waals surface area (Å²) >= 11 is 0. The van der Waals surface area contributed by atoms with Gasteiger partial charge in [0.1, 0.15) is 0 Å². The van der Waals surface area contributed by atoms with Crippen LogP contribution in [0.15, 0.2) is 67.0 Å². The molecule has 142 valence electrons. The minimum absolute atomic E-state index is 0.0227. The molecule has 4 rings (SSSR count). The van der Waals surface area contributed by atoms with Crippen molar-refractivity contribution >= 4 is 34.1 Å². The number of piperidine rings is 1. The number of hydrogen-bond acceptors (Lipinski definition) is 3. The van der Waals surface area contributed by atoms with Crippen molar-refractivity contribution in [1.82, 2.24) is 4.98 Å². The van der Waals surface area contributed by atoms with E-state index in [2.05, 4.69) is 39.5 Å². The van der Waals surface area contributed by atoms with Crippen LogP contribution in [0.3, 0.4) is 0 Å². The van der Waals surface area contributed by atoms with E-state index in [-0.39, 0.29) is 5.91 Å². The molecule has 1 aliphatic rings. The van der Waals surface area contributed by atoms with Gasteiger partial charge in [-0.05, 0) is 49.1 Å². The number of benzene rings is 2. The zero-order valence-corrected chi connectivity index (χ0v) is 16.0. The zero-order chi connectivity index (χ0) is 19.2. The first-order chi connectivity index (χ1) is 13.8. The summed E-state index contributed by atoms with van der Waals surface area (Å²) in [4.78, 5) is 18.9. The van der Waals surface area contributed by atoms with Gasteiger partial charge in [0.25, 0.3) is 0 Å². The number of pyridine rings is 1. The van der Waals surface area contributed by atoms with Gasteiger partial charge in [0.2, 0.25) is 5.91 Å². The number of carbonyl (C=O) groups is 1. The van der Waals surface area contributed by atoms with E-state index in [1.54, 1.807) is 12.4 Å². The average molecular weight is 371 g/mol. The van der Waals surface area contributed by atoms with E-state index < -0.39 is 0 Å². The maximum atomic E-state index is 12.3. The fourth-order valence-electron chi connectivity index (χ4n) is 3.68. The first-order valence-corrected chi connectivity index (χ1v) is 9.94. The Morgan fingerprint density at radius 1 is 1.04 bits per heavy atom. The van der Waals surface area contributed by atoms with Crippen LogP contribution in [0.2, 0.25) is 0 Å². The number of fused-ring (bicyclic) bond motifs is 1. The minimum atomic E-state index is -0.0227. The van der Waals surface area contributed by atoms with E-state index in [0.29, 0.717) is 6.42 Å². The topological polar surface area (TPSA) is 45.2 Å². The number of carbonyl (C=O) groups excluding carboxylic acids is 1. The molecule has 1 amide bonds. The highest BCUT2D eigenvalue weighted by Crippen LogP contribution is 2.23. The molecule has 2 aromatic carbocycles. The van der Waals surface area contributed by atoms with Gasteiger partial charge in [-0.1, -0.05) is 36.4 Å². The van der Waals surface area contributed by atoms with Gasteiger partial charge < -0.3 is 10.2 Å². The summed E-state index contributed by atoms with van der Waals surface area (Å²) in [6.07, 6.45) is 11.7. The lowest BCUT2D eigenvalue weighted by molar-refractivity contribution is -0.115. The lowest BCUT2D eigenvalue weighted by Gasteiger charge is -2.28. The zero-order valence-electron chi connectivity index (χ0n) is 16.0. The van der Waals surface area contributed by atoms with E-state index in [1.807, 2.05) is 36.4 Å². The van der Waals surface area contributed by atoms with Crippen molar-refractivity contribution in [2.24, 2.45) is 0 Å². The van der Waals surface area contributed by atoms with Crippen molar-refractivity contribution < 1.29 is 4.79 Å². The van der Waals surface area contributed by atoms with Crippen LogP contribution in [0.4, 0.5) is 11.4 Å². The summed E-state index contributed by atoms with van der Waals surface area (Å²) in [6, 6.07) is 16.4. The molecule has 0 saturated carbocycles. The Hall–Kier alpha value is -3.14. The van der Waals surface area contributed by atoms with Gasteiger partial charge in [-0.15, -0.1) is 0 Å². The Morgan fingerprint density at radius 3 is 2.68 bits per heavy atom. The largest absolute Gasteiger partial charge is 0.372 e. The highest BCUT2D eigenvalue weighted by atomic mass is 16.1. The maximum Gasteiger partial charge on any atom is 0.228 e. The molecule has 0 aliphatic carbocycles. The Labute approximate surface area is 165 Å². The fraction of sp³-hybridized carbons (Fsp3) is 0.250. The smallest absolute Gasteiger partial charge is 0.228 e. The molecule has 4 nitrogen and oxygen atoms in total. The van der Waals surface area contributed by atoms with Crippen LogP contribution in [-0.4, -0.2) is 24.0 Å². The summed E-state index contributed by atoms with van der Waals surface area (Å²) in [5.41, 5.74) is 3.23. The normalized spacial score (nSPS) is 14.5. The van der Waals surface area contributed by atoms with Crippen LogP contribution >= 0.6 is 0 Å². The average Bonchev–Trinajstić information content (AvgIpc) is 2.75. The molecule has 0 atom stereocenters. The molecule has 0 radical (unpaired) electrons. The number of amides is 1. The number of hydrogen-bond donors (Lipinski definition) is 1. The SMILES string of the molecule is O=C(CC=Cc1ccc(N2CCCCC2)cc1)Nc1cccc2cnccc12. The first-order valence-electron chi connectivity index (χ1n) is 9.94. The third-order valence-electron chi connectivity index (χ3n) is 5.18. The molecule has 1 N–H and O–H groups in total. The molecule has 0 unspecified atom stereocenters. The van der Waals surface area contributed by atoms with Crippen molar-refractivity contribution in [2.75, 3.05) is 23.3 Å².